The second-order valence-corrected chi connectivity index (χ2v) is 5.77. The van der Waals surface area contributed by atoms with Gasteiger partial charge in [-0.3, -0.25) is 10.1 Å². The highest BCUT2D eigenvalue weighted by Gasteiger charge is 2.38. The van der Waals surface area contributed by atoms with Crippen LogP contribution in [0.15, 0.2) is 30.3 Å². The SMILES string of the molecule is O=[N+]([O-])[C@H]1CCCC[C@H]1C(CO)CCc1ccccc1. The molecule has 0 saturated heterocycles. The van der Waals surface area contributed by atoms with E-state index in [9.17, 15) is 15.2 Å². The Bertz CT molecular complexity index is 421. The molecule has 1 aliphatic carbocycles. The van der Waals surface area contributed by atoms with Gasteiger partial charge in [-0.25, -0.2) is 0 Å². The number of aliphatic hydroxyl groups is 1. The molecule has 1 saturated carbocycles. The Balaban J connectivity index is 1.97. The van der Waals surface area contributed by atoms with Crippen LogP contribution < -0.4 is 0 Å². The fraction of sp³-hybridized carbons (Fsp3) is 0.625. The van der Waals surface area contributed by atoms with Gasteiger partial charge in [0, 0.05) is 23.9 Å². The third kappa shape index (κ3) is 3.79. The predicted molar refractivity (Wildman–Crippen MR) is 78.1 cm³/mol. The minimum Gasteiger partial charge on any atom is -0.396 e. The van der Waals surface area contributed by atoms with Crippen molar-refractivity contribution in [3.63, 3.8) is 0 Å². The predicted octanol–water partition coefficient (Wildman–Crippen LogP) is 3.06. The van der Waals surface area contributed by atoms with Crippen molar-refractivity contribution in [1.29, 1.82) is 0 Å². The monoisotopic (exact) mass is 277 g/mol. The van der Waals surface area contributed by atoms with Crippen LogP contribution in [0, 0.1) is 22.0 Å². The summed E-state index contributed by atoms with van der Waals surface area (Å²) in [7, 11) is 0. The molecule has 0 amide bonds. The van der Waals surface area contributed by atoms with E-state index in [2.05, 4.69) is 12.1 Å². The number of hydrogen-bond acceptors (Lipinski definition) is 3. The van der Waals surface area contributed by atoms with Crippen LogP contribution in [-0.4, -0.2) is 22.7 Å². The van der Waals surface area contributed by atoms with Gasteiger partial charge in [0.2, 0.25) is 6.04 Å². The van der Waals surface area contributed by atoms with Crippen molar-refractivity contribution < 1.29 is 10.0 Å². The van der Waals surface area contributed by atoms with Crippen LogP contribution in [0.25, 0.3) is 0 Å². The molecule has 110 valence electrons. The highest BCUT2D eigenvalue weighted by atomic mass is 16.6. The third-order valence-electron chi connectivity index (χ3n) is 4.54. The first-order valence-electron chi connectivity index (χ1n) is 7.50. The van der Waals surface area contributed by atoms with Gasteiger partial charge in [0.15, 0.2) is 0 Å². The molecule has 3 atom stereocenters. The molecule has 1 N–H and O–H groups in total. The third-order valence-corrected chi connectivity index (χ3v) is 4.54. The molecule has 0 heterocycles. The van der Waals surface area contributed by atoms with Gasteiger partial charge in [-0.1, -0.05) is 36.8 Å². The number of aliphatic hydroxyl groups excluding tert-OH is 1. The van der Waals surface area contributed by atoms with Crippen molar-refractivity contribution in [2.75, 3.05) is 6.61 Å². The molecule has 4 heteroatoms. The van der Waals surface area contributed by atoms with Crippen LogP contribution >= 0.6 is 0 Å². The number of aryl methyl sites for hydroxylation is 1. The van der Waals surface area contributed by atoms with Crippen LogP contribution in [0.2, 0.25) is 0 Å². The lowest BCUT2D eigenvalue weighted by molar-refractivity contribution is -0.538. The highest BCUT2D eigenvalue weighted by Crippen LogP contribution is 2.34. The molecular formula is C16H23NO3. The first-order chi connectivity index (χ1) is 9.72. The summed E-state index contributed by atoms with van der Waals surface area (Å²) in [5.74, 6) is 0.0818. The van der Waals surface area contributed by atoms with E-state index >= 15 is 0 Å². The van der Waals surface area contributed by atoms with Gasteiger partial charge in [-0.2, -0.15) is 0 Å². The van der Waals surface area contributed by atoms with E-state index in [1.165, 1.54) is 5.56 Å². The number of hydrogen-bond donors (Lipinski definition) is 1. The fourth-order valence-electron chi connectivity index (χ4n) is 3.39. The van der Waals surface area contributed by atoms with Gasteiger partial charge in [0.1, 0.15) is 0 Å². The molecule has 20 heavy (non-hydrogen) atoms. The minimum atomic E-state index is -0.461. The van der Waals surface area contributed by atoms with Crippen molar-refractivity contribution in [2.24, 2.45) is 11.8 Å². The number of rotatable bonds is 6. The lowest BCUT2D eigenvalue weighted by atomic mass is 9.75. The zero-order valence-corrected chi connectivity index (χ0v) is 11.8. The molecule has 1 aliphatic rings. The van der Waals surface area contributed by atoms with Gasteiger partial charge in [0.25, 0.3) is 0 Å². The molecule has 1 unspecified atom stereocenters. The minimum absolute atomic E-state index is 0.0347. The second-order valence-electron chi connectivity index (χ2n) is 5.77. The van der Waals surface area contributed by atoms with Crippen LogP contribution in [0.1, 0.15) is 37.7 Å². The Morgan fingerprint density at radius 3 is 2.60 bits per heavy atom. The molecule has 1 aromatic rings. The van der Waals surface area contributed by atoms with Gasteiger partial charge >= 0.3 is 0 Å². The standard InChI is InChI=1S/C16H23NO3/c18-12-14(11-10-13-6-2-1-3-7-13)15-8-4-5-9-16(15)17(19)20/h1-3,6-7,14-16,18H,4-5,8-12H2/t14?,15-,16-/m0/s1. The summed E-state index contributed by atoms with van der Waals surface area (Å²) in [5.41, 5.74) is 1.24. The molecule has 2 rings (SSSR count). The normalized spacial score (nSPS) is 24.2. The van der Waals surface area contributed by atoms with Crippen molar-refractivity contribution in [1.82, 2.24) is 0 Å². The molecule has 0 aliphatic heterocycles. The van der Waals surface area contributed by atoms with E-state index in [1.54, 1.807) is 0 Å². The smallest absolute Gasteiger partial charge is 0.216 e. The van der Waals surface area contributed by atoms with Gasteiger partial charge in [-0.15, -0.1) is 0 Å². The van der Waals surface area contributed by atoms with Crippen LogP contribution in [-0.2, 0) is 6.42 Å². The molecule has 1 aromatic carbocycles. The van der Waals surface area contributed by atoms with Crippen LogP contribution in [0.4, 0.5) is 0 Å². The van der Waals surface area contributed by atoms with E-state index in [0.29, 0.717) is 6.42 Å². The van der Waals surface area contributed by atoms with Crippen molar-refractivity contribution in [3.05, 3.63) is 46.0 Å². The molecular weight excluding hydrogens is 254 g/mol. The van der Waals surface area contributed by atoms with E-state index in [0.717, 1.165) is 32.1 Å². The summed E-state index contributed by atoms with van der Waals surface area (Å²) < 4.78 is 0. The Morgan fingerprint density at radius 2 is 1.95 bits per heavy atom. The van der Waals surface area contributed by atoms with E-state index in [-0.39, 0.29) is 23.4 Å². The van der Waals surface area contributed by atoms with Gasteiger partial charge in [0.05, 0.1) is 0 Å². The average molecular weight is 277 g/mol. The Morgan fingerprint density at radius 1 is 1.25 bits per heavy atom. The molecule has 0 aromatic heterocycles. The largest absolute Gasteiger partial charge is 0.396 e. The highest BCUT2D eigenvalue weighted by molar-refractivity contribution is 5.14. The Labute approximate surface area is 120 Å². The molecule has 4 nitrogen and oxygen atoms in total. The summed E-state index contributed by atoms with van der Waals surface area (Å²) in [4.78, 5) is 11.1. The van der Waals surface area contributed by atoms with Gasteiger partial charge in [-0.05, 0) is 37.2 Å². The first kappa shape index (κ1) is 15.0. The lowest BCUT2D eigenvalue weighted by Gasteiger charge is -2.31. The summed E-state index contributed by atoms with van der Waals surface area (Å²) in [6, 6.07) is 9.67. The van der Waals surface area contributed by atoms with E-state index in [4.69, 9.17) is 0 Å². The van der Waals surface area contributed by atoms with Crippen LogP contribution in [0.3, 0.4) is 0 Å². The summed E-state index contributed by atoms with van der Waals surface area (Å²) in [5, 5.41) is 20.8. The zero-order valence-electron chi connectivity index (χ0n) is 11.8. The van der Waals surface area contributed by atoms with E-state index < -0.39 is 6.04 Å². The second kappa shape index (κ2) is 7.39. The van der Waals surface area contributed by atoms with Crippen molar-refractivity contribution in [3.8, 4) is 0 Å². The maximum atomic E-state index is 11.2. The number of nitro groups is 1. The lowest BCUT2D eigenvalue weighted by Crippen LogP contribution is -2.38. The quantitative estimate of drug-likeness (QED) is 0.642. The van der Waals surface area contributed by atoms with E-state index in [1.807, 2.05) is 18.2 Å². The molecule has 0 spiro atoms. The average Bonchev–Trinajstić information content (AvgIpc) is 2.49. The maximum absolute atomic E-state index is 11.2. The Kier molecular flexibility index (Phi) is 5.53. The fourth-order valence-corrected chi connectivity index (χ4v) is 3.39. The summed E-state index contributed by atoms with van der Waals surface area (Å²) in [6.07, 6.45) is 5.25. The summed E-state index contributed by atoms with van der Waals surface area (Å²) >= 11 is 0. The van der Waals surface area contributed by atoms with Crippen molar-refractivity contribution in [2.45, 2.75) is 44.6 Å². The first-order valence-corrected chi connectivity index (χ1v) is 7.50. The topological polar surface area (TPSA) is 63.4 Å². The van der Waals surface area contributed by atoms with Crippen molar-refractivity contribution >= 4 is 0 Å². The Hall–Kier alpha value is -1.42. The number of nitrogens with zero attached hydrogens (tertiary/aromatic N) is 1. The maximum Gasteiger partial charge on any atom is 0.216 e. The molecule has 1 fully saturated rings. The number of benzene rings is 1. The molecule has 0 bridgehead atoms. The van der Waals surface area contributed by atoms with Crippen LogP contribution in [0.5, 0.6) is 0 Å². The summed E-state index contributed by atoms with van der Waals surface area (Å²) in [6.45, 7) is 0.0574. The van der Waals surface area contributed by atoms with Gasteiger partial charge < -0.3 is 5.11 Å². The zero-order chi connectivity index (χ0) is 14.4. The molecule has 0 radical (unpaired) electrons.